The van der Waals surface area contributed by atoms with Crippen LogP contribution in [0.5, 0.6) is 0 Å². The van der Waals surface area contributed by atoms with Gasteiger partial charge in [0.15, 0.2) is 0 Å². The van der Waals surface area contributed by atoms with Gasteiger partial charge in [-0.3, -0.25) is 0 Å². The van der Waals surface area contributed by atoms with Crippen molar-refractivity contribution in [1.29, 1.82) is 0 Å². The van der Waals surface area contributed by atoms with Crippen LogP contribution in [0.25, 0.3) is 0 Å². The second-order valence-corrected chi connectivity index (χ2v) is 0.831. The van der Waals surface area contributed by atoms with E-state index < -0.39 is 0 Å². The number of hydrogen-bond acceptors (Lipinski definition) is 0. The van der Waals surface area contributed by atoms with Crippen LogP contribution < -0.4 is 0 Å². The Morgan fingerprint density at radius 3 is 2.50 bits per heavy atom. The van der Waals surface area contributed by atoms with Gasteiger partial charge in [0.1, 0.15) is 6.61 Å². The molecule has 0 rings (SSSR count). The van der Waals surface area contributed by atoms with E-state index in [0.717, 1.165) is 0 Å². The van der Waals surface area contributed by atoms with E-state index in [-0.39, 0.29) is 6.61 Å². The van der Waals surface area contributed by atoms with E-state index in [1.807, 2.05) is 0 Å². The minimum absolute atomic E-state index is 0.147. The van der Waals surface area contributed by atoms with Crippen molar-refractivity contribution in [3.05, 3.63) is 24.8 Å². The lowest BCUT2D eigenvalue weighted by Crippen LogP contribution is -1.62. The number of hydrogen-bond donors (Lipinski definition) is 0. The molecule has 1 nitrogen and oxygen atoms in total. The van der Waals surface area contributed by atoms with Gasteiger partial charge in [0, 0.05) is 0 Å². The quantitative estimate of drug-likeness (QED) is 0.446. The largest absolute Gasteiger partial charge is 0.232 e. The summed E-state index contributed by atoms with van der Waals surface area (Å²) in [5.74, 6) is 0. The smallest absolute Gasteiger partial charge is 0.101 e. The Morgan fingerprint density at radius 1 is 1.67 bits per heavy atom. The van der Waals surface area contributed by atoms with Crippen molar-refractivity contribution in [2.24, 2.45) is 0 Å². The van der Waals surface area contributed by atoms with Crippen molar-refractivity contribution in [1.82, 2.24) is 0 Å². The first-order valence-electron chi connectivity index (χ1n) is 1.77. The van der Waals surface area contributed by atoms with Gasteiger partial charge in [0.05, 0.1) is 0 Å². The fourth-order valence-corrected chi connectivity index (χ4v) is 0.152. The van der Waals surface area contributed by atoms with Crippen LogP contribution >= 0.6 is 0 Å². The zero-order valence-electron chi connectivity index (χ0n) is 3.55. The van der Waals surface area contributed by atoms with Gasteiger partial charge < -0.3 is 0 Å². The monoisotopic (exact) mass is 83.0 g/mol. The molecule has 0 aliphatic heterocycles. The van der Waals surface area contributed by atoms with Crippen molar-refractivity contribution in [2.75, 3.05) is 6.61 Å². The first-order valence-corrected chi connectivity index (χ1v) is 1.77. The highest BCUT2D eigenvalue weighted by Gasteiger charge is 1.58. The Hall–Kier alpha value is -0.560. The van der Waals surface area contributed by atoms with E-state index in [9.17, 15) is 5.11 Å². The zero-order chi connectivity index (χ0) is 4.83. The van der Waals surface area contributed by atoms with Gasteiger partial charge in [-0.05, 0) is 0 Å². The third kappa shape index (κ3) is 3.44. The minimum Gasteiger partial charge on any atom is -0.232 e. The predicted octanol–water partition coefficient (Wildman–Crippen LogP) is 1.16. The molecule has 0 aliphatic rings. The lowest BCUT2D eigenvalue weighted by molar-refractivity contribution is 0.232. The van der Waals surface area contributed by atoms with Gasteiger partial charge in [0.25, 0.3) is 0 Å². The van der Waals surface area contributed by atoms with Crippen LogP contribution in [0.1, 0.15) is 0 Å². The van der Waals surface area contributed by atoms with Gasteiger partial charge in [-0.1, -0.05) is 24.8 Å². The summed E-state index contributed by atoms with van der Waals surface area (Å²) >= 11 is 0. The molecule has 0 saturated carbocycles. The molecule has 0 fully saturated rings. The van der Waals surface area contributed by atoms with Crippen LogP contribution in [-0.2, 0) is 5.11 Å². The lowest BCUT2D eigenvalue weighted by Gasteiger charge is -1.65. The molecule has 1 radical (unpaired) electrons. The van der Waals surface area contributed by atoms with E-state index in [0.29, 0.717) is 0 Å². The molecule has 0 N–H and O–H groups in total. The second-order valence-electron chi connectivity index (χ2n) is 0.831. The second kappa shape index (κ2) is 4.44. The Balaban J connectivity index is 2.94. The summed E-state index contributed by atoms with van der Waals surface area (Å²) in [6, 6.07) is 0. The van der Waals surface area contributed by atoms with E-state index in [1.54, 1.807) is 12.2 Å². The Morgan fingerprint density at radius 2 is 2.33 bits per heavy atom. The highest BCUT2D eigenvalue weighted by atomic mass is 16.2. The zero-order valence-corrected chi connectivity index (χ0v) is 3.55. The molecule has 0 aromatic heterocycles. The molecule has 1 heteroatoms. The molecule has 0 amide bonds. The number of allylic oxidation sites excluding steroid dienone is 2. The maximum Gasteiger partial charge on any atom is 0.101 e. The normalized spacial score (nSPS) is 9.50. The Kier molecular flexibility index (Phi) is 4.03. The SMILES string of the molecule is C=C/C=C/C[O]. The summed E-state index contributed by atoms with van der Waals surface area (Å²) in [5, 5.41) is 9.55. The molecule has 0 aromatic carbocycles. The van der Waals surface area contributed by atoms with Crippen molar-refractivity contribution < 1.29 is 5.11 Å². The first-order chi connectivity index (χ1) is 2.91. The van der Waals surface area contributed by atoms with E-state index in [2.05, 4.69) is 6.58 Å². The molecule has 6 heavy (non-hydrogen) atoms. The maximum absolute atomic E-state index is 9.55. The summed E-state index contributed by atoms with van der Waals surface area (Å²) < 4.78 is 0. The van der Waals surface area contributed by atoms with E-state index in [1.165, 1.54) is 6.08 Å². The molecular formula is C5H7O. The summed E-state index contributed by atoms with van der Waals surface area (Å²) in [6.45, 7) is 3.23. The van der Waals surface area contributed by atoms with Crippen molar-refractivity contribution in [3.8, 4) is 0 Å². The van der Waals surface area contributed by atoms with Crippen LogP contribution in [-0.4, -0.2) is 6.61 Å². The molecule has 0 aromatic rings. The molecule has 0 atom stereocenters. The molecule has 0 bridgehead atoms. The molecule has 0 aliphatic carbocycles. The summed E-state index contributed by atoms with van der Waals surface area (Å²) in [4.78, 5) is 0. The van der Waals surface area contributed by atoms with Crippen molar-refractivity contribution in [3.63, 3.8) is 0 Å². The van der Waals surface area contributed by atoms with Gasteiger partial charge in [-0.2, -0.15) is 0 Å². The summed E-state index contributed by atoms with van der Waals surface area (Å²) in [7, 11) is 0. The third-order valence-corrected chi connectivity index (χ3v) is 0.368. The van der Waals surface area contributed by atoms with Crippen molar-refractivity contribution in [2.45, 2.75) is 0 Å². The minimum atomic E-state index is -0.147. The Bertz CT molecular complexity index is 55.0. The maximum atomic E-state index is 9.55. The predicted molar refractivity (Wildman–Crippen MR) is 24.9 cm³/mol. The molecule has 0 saturated heterocycles. The average molecular weight is 83.1 g/mol. The Labute approximate surface area is 37.6 Å². The fourth-order valence-electron chi connectivity index (χ4n) is 0.152. The van der Waals surface area contributed by atoms with E-state index >= 15 is 0 Å². The van der Waals surface area contributed by atoms with Gasteiger partial charge in [0.2, 0.25) is 0 Å². The van der Waals surface area contributed by atoms with Crippen LogP contribution in [0.3, 0.4) is 0 Å². The summed E-state index contributed by atoms with van der Waals surface area (Å²) in [5.41, 5.74) is 0. The third-order valence-electron chi connectivity index (χ3n) is 0.368. The van der Waals surface area contributed by atoms with Crippen molar-refractivity contribution >= 4 is 0 Å². The molecule has 33 valence electrons. The van der Waals surface area contributed by atoms with E-state index in [4.69, 9.17) is 0 Å². The van der Waals surface area contributed by atoms with Crippen LogP contribution in [0.2, 0.25) is 0 Å². The molecule has 0 heterocycles. The van der Waals surface area contributed by atoms with Gasteiger partial charge in [-0.25, -0.2) is 5.11 Å². The lowest BCUT2D eigenvalue weighted by atomic mass is 10.5. The molecule has 0 unspecified atom stereocenters. The first kappa shape index (κ1) is 5.44. The summed E-state index contributed by atoms with van der Waals surface area (Å²) in [6.07, 6.45) is 4.72. The topological polar surface area (TPSA) is 19.9 Å². The highest BCUT2D eigenvalue weighted by molar-refractivity contribution is 4.96. The van der Waals surface area contributed by atoms with Crippen LogP contribution in [0, 0.1) is 0 Å². The highest BCUT2D eigenvalue weighted by Crippen LogP contribution is 1.67. The standard InChI is InChI=1S/C5H7O/c1-2-3-4-5-6/h2-4H,1,5H2/b4-3+. The average Bonchev–Trinajstić information content (AvgIpc) is 1.61. The van der Waals surface area contributed by atoms with Crippen LogP contribution in [0.15, 0.2) is 24.8 Å². The fraction of sp³-hybridized carbons (Fsp3) is 0.200. The van der Waals surface area contributed by atoms with Gasteiger partial charge >= 0.3 is 0 Å². The van der Waals surface area contributed by atoms with Crippen LogP contribution in [0.4, 0.5) is 0 Å². The molecule has 0 spiro atoms. The molecular weight excluding hydrogens is 76.1 g/mol. The number of rotatable bonds is 2. The van der Waals surface area contributed by atoms with Gasteiger partial charge in [-0.15, -0.1) is 0 Å².